The molecule has 0 aliphatic heterocycles. The van der Waals surface area contributed by atoms with Gasteiger partial charge < -0.3 is 19.7 Å². The van der Waals surface area contributed by atoms with E-state index in [-0.39, 0.29) is 42.3 Å². The van der Waals surface area contributed by atoms with E-state index in [0.717, 1.165) is 16.8 Å². The molecule has 0 aliphatic carbocycles. The summed E-state index contributed by atoms with van der Waals surface area (Å²) in [7, 11) is 1.57. The van der Waals surface area contributed by atoms with Gasteiger partial charge in [0.15, 0.2) is 5.78 Å². The third-order valence-electron chi connectivity index (χ3n) is 6.99. The zero-order chi connectivity index (χ0) is 32.6. The molecule has 44 heavy (non-hydrogen) atoms. The Morgan fingerprint density at radius 2 is 1.59 bits per heavy atom. The third kappa shape index (κ3) is 8.99. The van der Waals surface area contributed by atoms with Crippen molar-refractivity contribution in [1.29, 1.82) is 0 Å². The molecule has 1 amide bonds. The van der Waals surface area contributed by atoms with Crippen molar-refractivity contribution >= 4 is 52.2 Å². The Morgan fingerprint density at radius 3 is 2.14 bits per heavy atom. The number of carbonyl (C=O) groups excluding carboxylic acids is 3. The van der Waals surface area contributed by atoms with Gasteiger partial charge in [0.05, 0.1) is 47.5 Å². The Labute approximate surface area is 270 Å². The molecule has 0 fully saturated rings. The van der Waals surface area contributed by atoms with Gasteiger partial charge in [-0.2, -0.15) is 0 Å². The Hall–Kier alpha value is -3.55. The van der Waals surface area contributed by atoms with Gasteiger partial charge >= 0.3 is 5.97 Å². The van der Waals surface area contributed by atoms with Gasteiger partial charge in [0, 0.05) is 17.6 Å². The first kappa shape index (κ1) is 34.9. The Kier molecular flexibility index (Phi) is 12.3. The van der Waals surface area contributed by atoms with Crippen LogP contribution in [0.3, 0.4) is 0 Å². The molecule has 0 bridgehead atoms. The first-order valence-corrected chi connectivity index (χ1v) is 15.5. The van der Waals surface area contributed by atoms with Gasteiger partial charge in [-0.1, -0.05) is 82.1 Å². The van der Waals surface area contributed by atoms with Crippen LogP contribution >= 0.6 is 23.2 Å². The largest absolute Gasteiger partial charge is 0.495 e. The number of esters is 1. The molecule has 3 aromatic carbocycles. The summed E-state index contributed by atoms with van der Waals surface area (Å²) in [5.41, 5.74) is 2.64. The second kappa shape index (κ2) is 15.4. The highest BCUT2D eigenvalue weighted by atomic mass is 35.5. The summed E-state index contributed by atoms with van der Waals surface area (Å²) in [6.07, 6.45) is 0.371. The second-order valence-corrected chi connectivity index (χ2v) is 12.9. The molecule has 0 radical (unpaired) electrons. The summed E-state index contributed by atoms with van der Waals surface area (Å²) in [5.74, 6) is -0.470. The van der Waals surface area contributed by atoms with E-state index >= 15 is 0 Å². The Bertz CT molecular complexity index is 1440. The van der Waals surface area contributed by atoms with Crippen molar-refractivity contribution in [3.05, 3.63) is 87.4 Å². The van der Waals surface area contributed by atoms with Crippen molar-refractivity contribution in [1.82, 2.24) is 0 Å². The molecule has 0 aliphatic rings. The highest BCUT2D eigenvalue weighted by Gasteiger charge is 2.32. The molecule has 0 spiro atoms. The fraction of sp³-hybridized carbons (Fsp3) is 0.400. The summed E-state index contributed by atoms with van der Waals surface area (Å²) >= 11 is 12.4. The smallest absolute Gasteiger partial charge is 0.313 e. The minimum absolute atomic E-state index is 0.0169. The number of amides is 1. The average molecular weight is 642 g/mol. The molecule has 9 heteroatoms. The minimum Gasteiger partial charge on any atom is -0.495 e. The van der Waals surface area contributed by atoms with Crippen molar-refractivity contribution < 1.29 is 23.9 Å². The molecule has 0 saturated carbocycles. The van der Waals surface area contributed by atoms with Crippen LogP contribution in [0.4, 0.5) is 11.4 Å². The number of rotatable bonds is 13. The van der Waals surface area contributed by atoms with E-state index in [4.69, 9.17) is 32.7 Å². The van der Waals surface area contributed by atoms with Gasteiger partial charge in [-0.05, 0) is 66.8 Å². The average Bonchev–Trinajstić information content (AvgIpc) is 2.97. The van der Waals surface area contributed by atoms with E-state index in [1.807, 2.05) is 57.2 Å². The molecule has 0 heterocycles. The highest BCUT2D eigenvalue weighted by molar-refractivity contribution is 6.40. The molecular formula is C35H42Cl2N2O5. The zero-order valence-corrected chi connectivity index (χ0v) is 28.0. The minimum atomic E-state index is -0.618. The van der Waals surface area contributed by atoms with E-state index < -0.39 is 11.3 Å². The van der Waals surface area contributed by atoms with Gasteiger partial charge in [0.2, 0.25) is 5.91 Å². The van der Waals surface area contributed by atoms with Gasteiger partial charge in [0.1, 0.15) is 5.75 Å². The number of benzene rings is 3. The molecule has 236 valence electrons. The van der Waals surface area contributed by atoms with Gasteiger partial charge in [0.25, 0.3) is 0 Å². The van der Waals surface area contributed by atoms with E-state index in [1.54, 1.807) is 43.2 Å². The normalized spacial score (nSPS) is 12.0. The number of nitrogens with zero attached hydrogens (tertiary/aromatic N) is 1. The monoisotopic (exact) mass is 640 g/mol. The standard InChI is InChI=1S/C35H42Cl2N2O5/c1-8-44-33(41)26(24-14-17-31(43-7)29(19-24)39(21-22(2)3)34(42)35(4,5)6)18-23-12-15-25(16-13-23)38-20-30(40)32-27(36)10-9-11-28(32)37/h9-17,19,22,26,38H,8,18,20-21H2,1-7H3. The lowest BCUT2D eigenvalue weighted by Gasteiger charge is -2.32. The quantitative estimate of drug-likeness (QED) is 0.150. The van der Waals surface area contributed by atoms with Crippen LogP contribution in [0.5, 0.6) is 5.75 Å². The zero-order valence-electron chi connectivity index (χ0n) is 26.5. The van der Waals surface area contributed by atoms with Crippen LogP contribution < -0.4 is 15.0 Å². The van der Waals surface area contributed by atoms with Gasteiger partial charge in [-0.15, -0.1) is 0 Å². The van der Waals surface area contributed by atoms with Gasteiger partial charge in [-0.25, -0.2) is 0 Å². The number of Topliss-reactive ketones (excluding diaryl/α,β-unsaturated/α-hetero) is 1. The summed E-state index contributed by atoms with van der Waals surface area (Å²) in [5, 5.41) is 3.73. The lowest BCUT2D eigenvalue weighted by Crippen LogP contribution is -2.42. The first-order valence-electron chi connectivity index (χ1n) is 14.7. The number of methoxy groups -OCH3 is 1. The summed E-state index contributed by atoms with van der Waals surface area (Å²) in [6.45, 7) is 12.3. The maximum Gasteiger partial charge on any atom is 0.313 e. The predicted molar refractivity (Wildman–Crippen MR) is 178 cm³/mol. The number of ketones is 1. The summed E-state index contributed by atoms with van der Waals surface area (Å²) < 4.78 is 11.2. The van der Waals surface area contributed by atoms with Gasteiger partial charge in [-0.3, -0.25) is 14.4 Å². The molecule has 7 nitrogen and oxygen atoms in total. The highest BCUT2D eigenvalue weighted by Crippen LogP contribution is 2.36. The van der Waals surface area contributed by atoms with Crippen LogP contribution in [-0.2, 0) is 20.7 Å². The Morgan fingerprint density at radius 1 is 0.955 bits per heavy atom. The number of hydrogen-bond acceptors (Lipinski definition) is 6. The van der Waals surface area contributed by atoms with E-state index in [2.05, 4.69) is 19.2 Å². The van der Waals surface area contributed by atoms with Crippen LogP contribution in [-0.4, -0.2) is 44.5 Å². The van der Waals surface area contributed by atoms with Crippen molar-refractivity contribution in [3.8, 4) is 5.75 Å². The fourth-order valence-corrected chi connectivity index (χ4v) is 5.41. The first-order chi connectivity index (χ1) is 20.8. The topological polar surface area (TPSA) is 84.9 Å². The van der Waals surface area contributed by atoms with Crippen LogP contribution in [0.2, 0.25) is 10.0 Å². The van der Waals surface area contributed by atoms with Crippen LogP contribution in [0, 0.1) is 11.3 Å². The molecule has 0 aromatic heterocycles. The molecule has 3 aromatic rings. The molecule has 0 saturated heterocycles. The number of anilines is 2. The number of ether oxygens (including phenoxy) is 2. The summed E-state index contributed by atoms with van der Waals surface area (Å²) in [4.78, 5) is 41.3. The third-order valence-corrected chi connectivity index (χ3v) is 7.62. The van der Waals surface area contributed by atoms with Crippen molar-refractivity contribution in [2.24, 2.45) is 11.3 Å². The maximum atomic E-state index is 13.6. The van der Waals surface area contributed by atoms with Crippen LogP contribution in [0.1, 0.15) is 68.9 Å². The summed E-state index contributed by atoms with van der Waals surface area (Å²) in [6, 6.07) is 18.0. The lowest BCUT2D eigenvalue weighted by atomic mass is 9.90. The number of nitrogens with one attached hydrogen (secondary N) is 1. The molecular weight excluding hydrogens is 599 g/mol. The molecule has 1 unspecified atom stereocenters. The van der Waals surface area contributed by atoms with Crippen molar-refractivity contribution in [3.63, 3.8) is 0 Å². The molecule has 1 N–H and O–H groups in total. The fourth-order valence-electron chi connectivity index (χ4n) is 4.80. The maximum absolute atomic E-state index is 13.6. The number of hydrogen-bond donors (Lipinski definition) is 1. The van der Waals surface area contributed by atoms with Crippen LogP contribution in [0.15, 0.2) is 60.7 Å². The molecule has 3 rings (SSSR count). The van der Waals surface area contributed by atoms with Crippen molar-refractivity contribution in [2.75, 3.05) is 37.0 Å². The number of halogens is 2. The SMILES string of the molecule is CCOC(=O)C(Cc1ccc(NCC(=O)c2c(Cl)cccc2Cl)cc1)c1ccc(OC)c(N(CC(C)C)C(=O)C(C)(C)C)c1. The van der Waals surface area contributed by atoms with E-state index in [9.17, 15) is 14.4 Å². The number of carbonyl (C=O) groups is 3. The van der Waals surface area contributed by atoms with Crippen LogP contribution in [0.25, 0.3) is 0 Å². The Balaban J connectivity index is 1.88. The van der Waals surface area contributed by atoms with Crippen molar-refractivity contribution in [2.45, 2.75) is 53.9 Å². The second-order valence-electron chi connectivity index (χ2n) is 12.1. The van der Waals surface area contributed by atoms with E-state index in [1.165, 1.54) is 0 Å². The molecule has 1 atom stereocenters. The van der Waals surface area contributed by atoms with E-state index in [0.29, 0.717) is 34.4 Å². The lowest BCUT2D eigenvalue weighted by molar-refractivity contribution is -0.145. The predicted octanol–water partition coefficient (Wildman–Crippen LogP) is 8.22.